The Labute approximate surface area is 210 Å². The van der Waals surface area contributed by atoms with E-state index in [2.05, 4.69) is 37.8 Å². The summed E-state index contributed by atoms with van der Waals surface area (Å²) in [5.74, 6) is 1.48. The van der Waals surface area contributed by atoms with E-state index in [-0.39, 0.29) is 11.6 Å². The highest BCUT2D eigenvalue weighted by Crippen LogP contribution is 2.34. The normalized spacial score (nSPS) is 13.7. The molecule has 0 unspecified atom stereocenters. The van der Waals surface area contributed by atoms with E-state index in [9.17, 15) is 5.11 Å². The Balaban J connectivity index is 1.95. The predicted octanol–water partition coefficient (Wildman–Crippen LogP) is 5.96. The van der Waals surface area contributed by atoms with Crippen molar-refractivity contribution in [2.45, 2.75) is 72.3 Å². The first-order valence-corrected chi connectivity index (χ1v) is 12.5. The Hall–Kier alpha value is -2.67. The van der Waals surface area contributed by atoms with Gasteiger partial charge in [-0.05, 0) is 53.2 Å². The van der Waals surface area contributed by atoms with E-state index in [1.54, 1.807) is 0 Å². The van der Waals surface area contributed by atoms with Gasteiger partial charge in [0.25, 0.3) is 0 Å². The van der Waals surface area contributed by atoms with E-state index in [1.165, 1.54) is 5.56 Å². The molecule has 0 aliphatic heterocycles. The van der Waals surface area contributed by atoms with Crippen molar-refractivity contribution in [2.75, 3.05) is 13.2 Å². The molecule has 1 N–H and O–H groups in total. The van der Waals surface area contributed by atoms with E-state index in [4.69, 9.17) is 14.6 Å². The number of aliphatic hydroxyl groups excluding tert-OH is 1. The Morgan fingerprint density at radius 3 is 2.31 bits per heavy atom. The lowest BCUT2D eigenvalue weighted by Gasteiger charge is -2.31. The van der Waals surface area contributed by atoms with Gasteiger partial charge in [0.05, 0.1) is 23.9 Å². The van der Waals surface area contributed by atoms with Gasteiger partial charge in [0.1, 0.15) is 11.4 Å². The highest BCUT2D eigenvalue weighted by Gasteiger charge is 2.26. The topological polar surface area (TPSA) is 59.8 Å². The summed E-state index contributed by atoms with van der Waals surface area (Å²) in [5, 5.41) is 15.7. The molecule has 1 heterocycles. The number of rotatable bonds is 11. The summed E-state index contributed by atoms with van der Waals surface area (Å²) >= 11 is 0. The van der Waals surface area contributed by atoms with Crippen molar-refractivity contribution in [3.05, 3.63) is 65.7 Å². The van der Waals surface area contributed by atoms with Gasteiger partial charge >= 0.3 is 0 Å². The fourth-order valence-corrected chi connectivity index (χ4v) is 3.90. The second kappa shape index (κ2) is 11.8. The van der Waals surface area contributed by atoms with Crippen LogP contribution in [0.3, 0.4) is 0 Å². The minimum Gasteiger partial charge on any atom is -0.439 e. The molecule has 0 aliphatic rings. The Kier molecular flexibility index (Phi) is 9.11. The second-order valence-electron chi connectivity index (χ2n) is 10.3. The van der Waals surface area contributed by atoms with E-state index in [0.29, 0.717) is 25.6 Å². The zero-order valence-electron chi connectivity index (χ0n) is 22.3. The molecule has 1 aromatic heterocycles. The van der Waals surface area contributed by atoms with Crippen LogP contribution in [0.2, 0.25) is 0 Å². The van der Waals surface area contributed by atoms with Crippen LogP contribution < -0.4 is 4.74 Å². The summed E-state index contributed by atoms with van der Waals surface area (Å²) in [4.78, 5) is 2.29. The van der Waals surface area contributed by atoms with Gasteiger partial charge in [-0.2, -0.15) is 5.10 Å². The van der Waals surface area contributed by atoms with Crippen LogP contribution in [0, 0.1) is 6.92 Å². The van der Waals surface area contributed by atoms with Gasteiger partial charge in [0.15, 0.2) is 0 Å². The largest absolute Gasteiger partial charge is 0.439 e. The summed E-state index contributed by atoms with van der Waals surface area (Å²) < 4.78 is 14.1. The van der Waals surface area contributed by atoms with Crippen molar-refractivity contribution in [1.29, 1.82) is 0 Å². The maximum Gasteiger partial charge on any atom is 0.222 e. The van der Waals surface area contributed by atoms with Crippen LogP contribution in [-0.4, -0.2) is 50.7 Å². The molecule has 0 bridgehead atoms. The number of nitrogens with zero attached hydrogens (tertiary/aromatic N) is 3. The lowest BCUT2D eigenvalue weighted by atomic mass is 10.1. The van der Waals surface area contributed by atoms with Crippen molar-refractivity contribution in [1.82, 2.24) is 14.7 Å². The Bertz CT molecular complexity index is 1060. The van der Waals surface area contributed by atoms with Crippen molar-refractivity contribution >= 4 is 0 Å². The van der Waals surface area contributed by atoms with E-state index in [0.717, 1.165) is 29.0 Å². The van der Waals surface area contributed by atoms with E-state index in [1.807, 2.05) is 75.0 Å². The number of aliphatic hydroxyl groups is 1. The van der Waals surface area contributed by atoms with Crippen molar-refractivity contribution in [2.24, 2.45) is 7.05 Å². The average molecular weight is 480 g/mol. The first-order valence-electron chi connectivity index (χ1n) is 12.5. The molecule has 0 amide bonds. The molecule has 6 nitrogen and oxygen atoms in total. The molecule has 2 atom stereocenters. The fourth-order valence-electron chi connectivity index (χ4n) is 3.90. The average Bonchev–Trinajstić information content (AvgIpc) is 3.13. The minimum atomic E-state index is -0.596. The number of aromatic nitrogens is 2. The van der Waals surface area contributed by atoms with Crippen LogP contribution in [0.4, 0.5) is 0 Å². The molecule has 3 aromatic rings. The van der Waals surface area contributed by atoms with Crippen LogP contribution in [-0.2, 0) is 18.3 Å². The summed E-state index contributed by atoms with van der Waals surface area (Å²) in [6.07, 6.45) is 0.364. The number of benzene rings is 2. The quantitative estimate of drug-likeness (QED) is 0.367. The Morgan fingerprint density at radius 2 is 1.71 bits per heavy atom. The van der Waals surface area contributed by atoms with Crippen molar-refractivity contribution < 1.29 is 14.6 Å². The molecule has 6 heteroatoms. The zero-order valence-corrected chi connectivity index (χ0v) is 22.3. The molecule has 0 radical (unpaired) electrons. The second-order valence-corrected chi connectivity index (χ2v) is 10.3. The number of aryl methyl sites for hydroxylation is 2. The molecule has 2 aromatic carbocycles. The molecule has 0 fully saturated rings. The first-order chi connectivity index (χ1) is 16.6. The van der Waals surface area contributed by atoms with Crippen LogP contribution in [0.15, 0.2) is 54.6 Å². The molecule has 0 saturated heterocycles. The fraction of sp³-hybridized carbons (Fsp3) is 0.483. The van der Waals surface area contributed by atoms with E-state index >= 15 is 0 Å². The van der Waals surface area contributed by atoms with Gasteiger partial charge < -0.3 is 14.6 Å². The van der Waals surface area contributed by atoms with Crippen LogP contribution in [0.25, 0.3) is 11.3 Å². The SMILES string of the molecule is CC[C@H](C)N(Cc1c(-c2ccccc2)nn(C)c1Oc1ccc(C)cc1)C[C@H](O)COC(C)(C)C. The van der Waals surface area contributed by atoms with Gasteiger partial charge in [0, 0.05) is 31.7 Å². The van der Waals surface area contributed by atoms with Crippen LogP contribution >= 0.6 is 0 Å². The summed E-state index contributed by atoms with van der Waals surface area (Å²) in [6, 6.07) is 18.5. The predicted molar refractivity (Wildman–Crippen MR) is 142 cm³/mol. The lowest BCUT2D eigenvalue weighted by molar-refractivity contribution is -0.0593. The summed E-state index contributed by atoms with van der Waals surface area (Å²) in [5.41, 5.74) is 3.83. The third kappa shape index (κ3) is 7.66. The van der Waals surface area contributed by atoms with Crippen LogP contribution in [0.5, 0.6) is 11.6 Å². The number of hydrogen-bond acceptors (Lipinski definition) is 5. The minimum absolute atomic E-state index is 0.260. The van der Waals surface area contributed by atoms with Gasteiger partial charge in [-0.15, -0.1) is 0 Å². The molecule has 0 saturated carbocycles. The highest BCUT2D eigenvalue weighted by atomic mass is 16.5. The van der Waals surface area contributed by atoms with Gasteiger partial charge in [-0.3, -0.25) is 4.90 Å². The van der Waals surface area contributed by atoms with Gasteiger partial charge in [-0.1, -0.05) is 55.0 Å². The number of ether oxygens (including phenoxy) is 2. The maximum atomic E-state index is 10.8. The van der Waals surface area contributed by atoms with Gasteiger partial charge in [0.2, 0.25) is 5.88 Å². The Morgan fingerprint density at radius 1 is 1.06 bits per heavy atom. The smallest absolute Gasteiger partial charge is 0.222 e. The molecular formula is C29H41N3O3. The third-order valence-corrected chi connectivity index (χ3v) is 6.10. The maximum absolute atomic E-state index is 10.8. The summed E-state index contributed by atoms with van der Waals surface area (Å²) in [7, 11) is 1.92. The van der Waals surface area contributed by atoms with Crippen molar-refractivity contribution in [3.8, 4) is 22.9 Å². The van der Waals surface area contributed by atoms with Crippen molar-refractivity contribution in [3.63, 3.8) is 0 Å². The monoisotopic (exact) mass is 479 g/mol. The molecule has 35 heavy (non-hydrogen) atoms. The standard InChI is InChI=1S/C29H41N3O3/c1-8-22(3)32(18-24(33)20-34-29(4,5)6)19-26-27(23-12-10-9-11-13-23)30-31(7)28(26)35-25-16-14-21(2)15-17-25/h9-17,22,24,33H,8,18-20H2,1-7H3/t22-,24-/m0/s1. The zero-order chi connectivity index (χ0) is 25.6. The first kappa shape index (κ1) is 26.9. The molecular weight excluding hydrogens is 438 g/mol. The summed E-state index contributed by atoms with van der Waals surface area (Å²) in [6.45, 7) is 13.8. The lowest BCUT2D eigenvalue weighted by Crippen LogP contribution is -2.41. The third-order valence-electron chi connectivity index (χ3n) is 6.10. The van der Waals surface area contributed by atoms with E-state index < -0.39 is 6.10 Å². The molecule has 0 spiro atoms. The number of hydrogen-bond donors (Lipinski definition) is 1. The highest BCUT2D eigenvalue weighted by molar-refractivity contribution is 5.65. The molecule has 3 rings (SSSR count). The molecule has 0 aliphatic carbocycles. The van der Waals surface area contributed by atoms with Crippen LogP contribution in [0.1, 0.15) is 52.2 Å². The molecule has 190 valence electrons. The van der Waals surface area contributed by atoms with Gasteiger partial charge in [-0.25, -0.2) is 4.68 Å².